The lowest BCUT2D eigenvalue weighted by atomic mass is 9.87. The highest BCUT2D eigenvalue weighted by Gasteiger charge is 2.19. The van der Waals surface area contributed by atoms with Gasteiger partial charge in [-0.3, -0.25) is 0 Å². The van der Waals surface area contributed by atoms with Crippen molar-refractivity contribution >= 4 is 0 Å². The van der Waals surface area contributed by atoms with Crippen molar-refractivity contribution in [3.8, 4) is 5.75 Å². The van der Waals surface area contributed by atoms with Crippen molar-refractivity contribution in [2.75, 3.05) is 13.2 Å². The molecule has 0 bridgehead atoms. The largest absolute Gasteiger partial charge is 0.508 e. The van der Waals surface area contributed by atoms with Crippen molar-refractivity contribution in [3.63, 3.8) is 0 Å². The lowest BCUT2D eigenvalue weighted by Gasteiger charge is -2.26. The topological polar surface area (TPSA) is 41.5 Å². The van der Waals surface area contributed by atoms with E-state index in [-0.39, 0.29) is 0 Å². The first-order valence-electron chi connectivity index (χ1n) is 7.33. The van der Waals surface area contributed by atoms with Crippen LogP contribution >= 0.6 is 0 Å². The lowest BCUT2D eigenvalue weighted by Crippen LogP contribution is -2.26. The molecule has 0 heterocycles. The first-order chi connectivity index (χ1) is 9.16. The summed E-state index contributed by atoms with van der Waals surface area (Å²) < 4.78 is 5.54. The van der Waals surface area contributed by atoms with Crippen molar-refractivity contribution < 1.29 is 9.84 Å². The third-order valence-electron chi connectivity index (χ3n) is 3.61. The SMILES string of the molecule is CC(C)OCCCNC1CCCc2ccc(O)cc21. The number of hydrogen-bond donors (Lipinski definition) is 2. The van der Waals surface area contributed by atoms with Gasteiger partial charge in [0.25, 0.3) is 0 Å². The Morgan fingerprint density at radius 1 is 1.42 bits per heavy atom. The molecule has 1 unspecified atom stereocenters. The van der Waals surface area contributed by atoms with Crippen LogP contribution in [0.1, 0.15) is 50.3 Å². The van der Waals surface area contributed by atoms with Crippen LogP contribution in [0.5, 0.6) is 5.75 Å². The van der Waals surface area contributed by atoms with Gasteiger partial charge in [0.15, 0.2) is 0 Å². The van der Waals surface area contributed by atoms with Crippen LogP contribution < -0.4 is 5.32 Å². The molecule has 106 valence electrons. The number of fused-ring (bicyclic) bond motifs is 1. The monoisotopic (exact) mass is 263 g/mol. The van der Waals surface area contributed by atoms with E-state index < -0.39 is 0 Å². The summed E-state index contributed by atoms with van der Waals surface area (Å²) >= 11 is 0. The molecule has 0 amide bonds. The maximum absolute atomic E-state index is 9.63. The Hall–Kier alpha value is -1.06. The number of hydrogen-bond acceptors (Lipinski definition) is 3. The summed E-state index contributed by atoms with van der Waals surface area (Å²) in [6, 6.07) is 6.14. The minimum absolute atomic E-state index is 0.312. The standard InChI is InChI=1S/C16H25NO2/c1-12(2)19-10-4-9-17-16-6-3-5-13-7-8-14(18)11-15(13)16/h7-8,11-12,16-18H,3-6,9-10H2,1-2H3. The predicted molar refractivity (Wildman–Crippen MR) is 77.5 cm³/mol. The van der Waals surface area contributed by atoms with E-state index in [4.69, 9.17) is 4.74 Å². The van der Waals surface area contributed by atoms with Crippen molar-refractivity contribution in [2.24, 2.45) is 0 Å². The van der Waals surface area contributed by atoms with Gasteiger partial charge in [-0.1, -0.05) is 6.07 Å². The summed E-state index contributed by atoms with van der Waals surface area (Å²) in [6.45, 7) is 5.90. The van der Waals surface area contributed by atoms with Crippen molar-refractivity contribution in [3.05, 3.63) is 29.3 Å². The van der Waals surface area contributed by atoms with Crippen molar-refractivity contribution in [1.29, 1.82) is 0 Å². The number of ether oxygens (including phenoxy) is 1. The van der Waals surface area contributed by atoms with Crippen LogP contribution in [0.4, 0.5) is 0 Å². The molecular formula is C16H25NO2. The van der Waals surface area contributed by atoms with Gasteiger partial charge in [-0.25, -0.2) is 0 Å². The number of nitrogens with one attached hydrogen (secondary N) is 1. The summed E-state index contributed by atoms with van der Waals surface area (Å²) in [4.78, 5) is 0. The first kappa shape index (κ1) is 14.4. The van der Waals surface area contributed by atoms with E-state index in [1.165, 1.54) is 17.5 Å². The van der Waals surface area contributed by atoms with Gasteiger partial charge in [0.05, 0.1) is 6.10 Å². The molecule has 0 saturated carbocycles. The zero-order chi connectivity index (χ0) is 13.7. The molecule has 1 aromatic rings. The molecule has 19 heavy (non-hydrogen) atoms. The molecule has 1 atom stereocenters. The molecule has 1 aliphatic carbocycles. The molecule has 0 spiro atoms. The molecular weight excluding hydrogens is 238 g/mol. The summed E-state index contributed by atoms with van der Waals surface area (Å²) in [7, 11) is 0. The minimum Gasteiger partial charge on any atom is -0.508 e. The van der Waals surface area contributed by atoms with Crippen LogP contribution in [-0.2, 0) is 11.2 Å². The van der Waals surface area contributed by atoms with Gasteiger partial charge in [0.2, 0.25) is 0 Å². The fourth-order valence-corrected chi connectivity index (χ4v) is 2.67. The zero-order valence-corrected chi connectivity index (χ0v) is 12.0. The van der Waals surface area contributed by atoms with E-state index in [2.05, 4.69) is 25.2 Å². The van der Waals surface area contributed by atoms with Crippen LogP contribution in [0.25, 0.3) is 0 Å². The fourth-order valence-electron chi connectivity index (χ4n) is 2.67. The fraction of sp³-hybridized carbons (Fsp3) is 0.625. The molecule has 0 aliphatic heterocycles. The van der Waals surface area contributed by atoms with Crippen molar-refractivity contribution in [1.82, 2.24) is 5.32 Å². The minimum atomic E-state index is 0.312. The molecule has 2 N–H and O–H groups in total. The average molecular weight is 263 g/mol. The predicted octanol–water partition coefficient (Wildman–Crippen LogP) is 3.17. The van der Waals surface area contributed by atoms with E-state index in [1.807, 2.05) is 6.07 Å². The number of rotatable bonds is 6. The normalized spacial score (nSPS) is 18.6. The Kier molecular flexibility index (Phi) is 5.23. The van der Waals surface area contributed by atoms with Crippen LogP contribution in [0.2, 0.25) is 0 Å². The summed E-state index contributed by atoms with van der Waals surface area (Å²) in [5, 5.41) is 13.2. The molecule has 3 heteroatoms. The van der Waals surface area contributed by atoms with Crippen LogP contribution in [0, 0.1) is 0 Å². The second-order valence-electron chi connectivity index (χ2n) is 5.56. The average Bonchev–Trinajstić information content (AvgIpc) is 2.38. The number of phenolic OH excluding ortho intramolecular Hbond substituents is 1. The van der Waals surface area contributed by atoms with Crippen LogP contribution in [-0.4, -0.2) is 24.4 Å². The molecule has 2 rings (SSSR count). The number of phenols is 1. The number of aromatic hydroxyl groups is 1. The summed E-state index contributed by atoms with van der Waals surface area (Å²) in [6.07, 6.45) is 4.85. The maximum Gasteiger partial charge on any atom is 0.115 e. The molecule has 0 radical (unpaired) electrons. The molecule has 0 aromatic heterocycles. The quantitative estimate of drug-likeness (QED) is 0.775. The van der Waals surface area contributed by atoms with Crippen molar-refractivity contribution in [2.45, 2.75) is 51.7 Å². The van der Waals surface area contributed by atoms with E-state index in [1.54, 1.807) is 6.07 Å². The molecule has 0 saturated heterocycles. The van der Waals surface area contributed by atoms with Gasteiger partial charge in [0, 0.05) is 12.6 Å². The maximum atomic E-state index is 9.63. The summed E-state index contributed by atoms with van der Waals surface area (Å²) in [5.74, 6) is 0.371. The van der Waals surface area contributed by atoms with E-state index in [0.717, 1.165) is 32.4 Å². The van der Waals surface area contributed by atoms with Gasteiger partial charge < -0.3 is 15.2 Å². The lowest BCUT2D eigenvalue weighted by molar-refractivity contribution is 0.0766. The van der Waals surface area contributed by atoms with Crippen LogP contribution in [0.15, 0.2) is 18.2 Å². The highest BCUT2D eigenvalue weighted by molar-refractivity contribution is 5.38. The second-order valence-corrected chi connectivity index (χ2v) is 5.56. The Morgan fingerprint density at radius 2 is 2.26 bits per heavy atom. The Labute approximate surface area is 116 Å². The first-order valence-corrected chi connectivity index (χ1v) is 7.33. The molecule has 1 aliphatic rings. The Balaban J connectivity index is 1.84. The third-order valence-corrected chi connectivity index (χ3v) is 3.61. The van der Waals surface area contributed by atoms with E-state index in [9.17, 15) is 5.11 Å². The molecule has 3 nitrogen and oxygen atoms in total. The highest BCUT2D eigenvalue weighted by atomic mass is 16.5. The highest BCUT2D eigenvalue weighted by Crippen LogP contribution is 2.31. The zero-order valence-electron chi connectivity index (χ0n) is 12.0. The van der Waals surface area contributed by atoms with E-state index in [0.29, 0.717) is 17.9 Å². The van der Waals surface area contributed by atoms with Gasteiger partial charge in [0.1, 0.15) is 5.75 Å². The van der Waals surface area contributed by atoms with Gasteiger partial charge in [-0.05, 0) is 69.3 Å². The Morgan fingerprint density at radius 3 is 3.05 bits per heavy atom. The number of aryl methyl sites for hydroxylation is 1. The van der Waals surface area contributed by atoms with Gasteiger partial charge in [-0.15, -0.1) is 0 Å². The third kappa shape index (κ3) is 4.22. The number of benzene rings is 1. The van der Waals surface area contributed by atoms with E-state index >= 15 is 0 Å². The van der Waals surface area contributed by atoms with Gasteiger partial charge in [-0.2, -0.15) is 0 Å². The second kappa shape index (κ2) is 6.92. The van der Waals surface area contributed by atoms with Gasteiger partial charge >= 0.3 is 0 Å². The molecule has 0 fully saturated rings. The van der Waals surface area contributed by atoms with Crippen LogP contribution in [0.3, 0.4) is 0 Å². The smallest absolute Gasteiger partial charge is 0.115 e. The Bertz CT molecular complexity index is 404. The summed E-state index contributed by atoms with van der Waals surface area (Å²) in [5.41, 5.74) is 2.65. The molecule has 1 aromatic carbocycles.